The number of hydrogen-bond donors (Lipinski definition) is 1. The number of sulfonamides is 1. The third-order valence-corrected chi connectivity index (χ3v) is 9.69. The van der Waals surface area contributed by atoms with Crippen LogP contribution in [0.1, 0.15) is 52.3 Å². The third kappa shape index (κ3) is 4.50. The van der Waals surface area contributed by atoms with E-state index in [0.29, 0.717) is 17.6 Å². The van der Waals surface area contributed by atoms with Crippen molar-refractivity contribution in [2.24, 2.45) is 5.92 Å². The van der Waals surface area contributed by atoms with Crippen molar-refractivity contribution in [1.82, 2.24) is 19.5 Å². The smallest absolute Gasteiger partial charge is 0.310 e. The topological polar surface area (TPSA) is 147 Å². The predicted octanol–water partition coefficient (Wildman–Crippen LogP) is 2.06. The Morgan fingerprint density at radius 1 is 1.10 bits per heavy atom. The van der Waals surface area contributed by atoms with Crippen molar-refractivity contribution in [2.45, 2.75) is 50.7 Å². The second-order valence-electron chi connectivity index (χ2n) is 10.6. The molecule has 1 aromatic carbocycles. The Morgan fingerprint density at radius 2 is 1.85 bits per heavy atom. The second-order valence-corrected chi connectivity index (χ2v) is 12.4. The maximum absolute atomic E-state index is 13.8. The fourth-order valence-corrected chi connectivity index (χ4v) is 7.26. The molecule has 0 spiro atoms. The number of amides is 2. The first kappa shape index (κ1) is 26.3. The Bertz CT molecular complexity index is 1630. The molecule has 1 saturated carbocycles. The lowest BCUT2D eigenvalue weighted by atomic mass is 10.1. The van der Waals surface area contributed by atoms with Gasteiger partial charge in [-0.25, -0.2) is 8.42 Å². The van der Waals surface area contributed by atoms with Gasteiger partial charge in [-0.15, -0.1) is 0 Å². The number of likely N-dealkylation sites (tertiary alicyclic amines) is 1. The number of benzene rings is 1. The standard InChI is InChI=1S/C28H28N4O7S/c1-16-18-6-2-3-8-23(18)39-25(16)26(34)30-20(14-17-9-10-17)27(35)31-13-11-21-24(31)22(33)15-32(21)40(37,38)28(36)19-7-4-5-12-29-19/h2-8,12,17,20-21,24H,9-11,13-15H2,1H3,(H,30,34). The number of ketones is 1. The summed E-state index contributed by atoms with van der Waals surface area (Å²) in [5, 5.41) is 2.44. The molecule has 2 saturated heterocycles. The van der Waals surface area contributed by atoms with Gasteiger partial charge < -0.3 is 14.6 Å². The van der Waals surface area contributed by atoms with Gasteiger partial charge in [0.25, 0.3) is 15.9 Å². The van der Waals surface area contributed by atoms with E-state index < -0.39 is 57.4 Å². The van der Waals surface area contributed by atoms with E-state index in [0.717, 1.165) is 22.5 Å². The van der Waals surface area contributed by atoms with Crippen LogP contribution in [0.5, 0.6) is 0 Å². The van der Waals surface area contributed by atoms with Gasteiger partial charge in [-0.1, -0.05) is 37.1 Å². The Balaban J connectivity index is 1.22. The van der Waals surface area contributed by atoms with Crippen molar-refractivity contribution >= 4 is 43.7 Å². The molecule has 4 heterocycles. The van der Waals surface area contributed by atoms with Gasteiger partial charge in [0.2, 0.25) is 5.91 Å². The average molecular weight is 565 g/mol. The summed E-state index contributed by atoms with van der Waals surface area (Å²) < 4.78 is 33.1. The maximum Gasteiger partial charge on any atom is 0.310 e. The lowest BCUT2D eigenvalue weighted by Crippen LogP contribution is -2.52. The van der Waals surface area contributed by atoms with Crippen LogP contribution in [0.4, 0.5) is 0 Å². The zero-order valence-electron chi connectivity index (χ0n) is 21.8. The van der Waals surface area contributed by atoms with Gasteiger partial charge in [0.15, 0.2) is 11.5 Å². The SMILES string of the molecule is Cc1c(C(=O)NC(CC2CC2)C(=O)N2CCC3C2C(=O)CN3S(=O)(=O)C(=O)c2ccccn2)oc2ccccc12. The molecule has 11 nitrogen and oxygen atoms in total. The van der Waals surface area contributed by atoms with Crippen molar-refractivity contribution in [1.29, 1.82) is 0 Å². The summed E-state index contributed by atoms with van der Waals surface area (Å²) in [7, 11) is -4.54. The molecule has 3 aromatic rings. The summed E-state index contributed by atoms with van der Waals surface area (Å²) in [5.41, 5.74) is 0.990. The van der Waals surface area contributed by atoms with Gasteiger partial charge in [-0.2, -0.15) is 4.31 Å². The Kier molecular flexibility index (Phi) is 6.54. The molecule has 2 amide bonds. The van der Waals surface area contributed by atoms with Crippen molar-refractivity contribution in [3.8, 4) is 0 Å². The summed E-state index contributed by atoms with van der Waals surface area (Å²) >= 11 is 0. The molecule has 2 aliphatic heterocycles. The fraction of sp³-hybridized carbons (Fsp3) is 0.393. The Morgan fingerprint density at radius 3 is 2.55 bits per heavy atom. The van der Waals surface area contributed by atoms with Gasteiger partial charge in [0.1, 0.15) is 23.4 Å². The number of carbonyl (C=O) groups is 4. The fourth-order valence-electron chi connectivity index (χ4n) is 5.79. The number of aromatic nitrogens is 1. The number of rotatable bonds is 7. The first-order valence-corrected chi connectivity index (χ1v) is 14.7. The van der Waals surface area contributed by atoms with Crippen LogP contribution in [0.15, 0.2) is 53.1 Å². The molecular formula is C28H28N4O7S. The minimum Gasteiger partial charge on any atom is -0.451 e. The summed E-state index contributed by atoms with van der Waals surface area (Å²) in [5.74, 6) is -1.03. The Labute approximate surface area is 230 Å². The van der Waals surface area contributed by atoms with E-state index in [-0.39, 0.29) is 30.3 Å². The number of nitrogens with zero attached hydrogens (tertiary/aromatic N) is 3. The molecule has 1 aliphatic carbocycles. The maximum atomic E-state index is 13.8. The van der Waals surface area contributed by atoms with E-state index in [1.807, 2.05) is 18.2 Å². The van der Waals surface area contributed by atoms with Gasteiger partial charge in [0, 0.05) is 23.7 Å². The number of aryl methyl sites for hydroxylation is 1. The number of Topliss-reactive ketones (excluding diaryl/α,β-unsaturated/α-hetero) is 1. The third-order valence-electron chi connectivity index (χ3n) is 8.00. The molecule has 12 heteroatoms. The van der Waals surface area contributed by atoms with Crippen molar-refractivity contribution in [2.75, 3.05) is 13.1 Å². The largest absolute Gasteiger partial charge is 0.451 e. The van der Waals surface area contributed by atoms with Crippen LogP contribution in [0.25, 0.3) is 11.0 Å². The molecule has 3 atom stereocenters. The molecular weight excluding hydrogens is 536 g/mol. The number of para-hydroxylation sites is 1. The zero-order valence-corrected chi connectivity index (χ0v) is 22.6. The van der Waals surface area contributed by atoms with Crippen molar-refractivity contribution < 1.29 is 32.0 Å². The van der Waals surface area contributed by atoms with Crippen LogP contribution in [-0.2, 0) is 19.6 Å². The van der Waals surface area contributed by atoms with E-state index in [1.54, 1.807) is 19.1 Å². The normalized spacial score (nSPS) is 21.9. The molecule has 2 aromatic heterocycles. The number of furan rings is 1. The van der Waals surface area contributed by atoms with E-state index in [4.69, 9.17) is 4.42 Å². The van der Waals surface area contributed by atoms with E-state index in [1.165, 1.54) is 23.2 Å². The van der Waals surface area contributed by atoms with Crippen LogP contribution in [0.3, 0.4) is 0 Å². The average Bonchev–Trinajstić information content (AvgIpc) is 3.41. The number of carbonyl (C=O) groups excluding carboxylic acids is 4. The van der Waals surface area contributed by atoms with Gasteiger partial charge in [-0.3, -0.25) is 24.2 Å². The monoisotopic (exact) mass is 564 g/mol. The predicted molar refractivity (Wildman–Crippen MR) is 143 cm³/mol. The number of hydrogen-bond acceptors (Lipinski definition) is 8. The molecule has 1 N–H and O–H groups in total. The first-order valence-electron chi connectivity index (χ1n) is 13.3. The molecule has 208 valence electrons. The minimum atomic E-state index is -4.54. The number of fused-ring (bicyclic) bond motifs is 2. The summed E-state index contributed by atoms with van der Waals surface area (Å²) in [4.78, 5) is 58.2. The van der Waals surface area contributed by atoms with Gasteiger partial charge in [-0.05, 0) is 43.9 Å². The summed E-state index contributed by atoms with van der Waals surface area (Å²) in [6.45, 7) is 1.41. The lowest BCUT2D eigenvalue weighted by molar-refractivity contribution is -0.138. The van der Waals surface area contributed by atoms with Crippen LogP contribution < -0.4 is 5.32 Å². The summed E-state index contributed by atoms with van der Waals surface area (Å²) in [6.07, 6.45) is 3.81. The highest BCUT2D eigenvalue weighted by Crippen LogP contribution is 2.37. The lowest BCUT2D eigenvalue weighted by Gasteiger charge is -2.28. The minimum absolute atomic E-state index is 0.122. The molecule has 3 unspecified atom stereocenters. The molecule has 40 heavy (non-hydrogen) atoms. The van der Waals surface area contributed by atoms with E-state index >= 15 is 0 Å². The van der Waals surface area contributed by atoms with Crippen molar-refractivity contribution in [3.05, 3.63) is 65.7 Å². The van der Waals surface area contributed by atoms with E-state index in [9.17, 15) is 27.6 Å². The highest BCUT2D eigenvalue weighted by Gasteiger charge is 2.55. The van der Waals surface area contributed by atoms with Crippen LogP contribution in [0, 0.1) is 12.8 Å². The number of pyridine rings is 1. The van der Waals surface area contributed by atoms with Crippen LogP contribution in [-0.4, -0.2) is 76.5 Å². The van der Waals surface area contributed by atoms with Crippen LogP contribution in [0.2, 0.25) is 0 Å². The van der Waals surface area contributed by atoms with Crippen LogP contribution >= 0.6 is 0 Å². The number of nitrogens with one attached hydrogen (secondary N) is 1. The molecule has 6 rings (SSSR count). The van der Waals surface area contributed by atoms with Gasteiger partial charge in [0.05, 0.1) is 12.6 Å². The Hall–Kier alpha value is -3.90. The summed E-state index contributed by atoms with van der Waals surface area (Å²) in [6, 6.07) is 8.86. The quantitative estimate of drug-likeness (QED) is 0.459. The highest BCUT2D eigenvalue weighted by molar-refractivity contribution is 8.04. The molecule has 3 aliphatic rings. The van der Waals surface area contributed by atoms with E-state index in [2.05, 4.69) is 10.3 Å². The zero-order chi connectivity index (χ0) is 28.2. The molecule has 0 bridgehead atoms. The van der Waals surface area contributed by atoms with Gasteiger partial charge >= 0.3 is 5.12 Å². The van der Waals surface area contributed by atoms with Crippen molar-refractivity contribution in [3.63, 3.8) is 0 Å². The molecule has 0 radical (unpaired) electrons. The first-order chi connectivity index (χ1) is 19.2. The second kappa shape index (κ2) is 9.93. The molecule has 3 fully saturated rings. The highest BCUT2D eigenvalue weighted by atomic mass is 32.2.